The third-order valence-electron chi connectivity index (χ3n) is 13.6. The number of methoxy groups -OCH3 is 1. The number of rotatable bonds is 4. The van der Waals surface area contributed by atoms with Crippen LogP contribution in [-0.2, 0) is 0 Å². The number of ketones is 3. The van der Waals surface area contributed by atoms with Crippen LogP contribution in [0.4, 0.5) is 0 Å². The summed E-state index contributed by atoms with van der Waals surface area (Å²) in [5.74, 6) is 3.06. The van der Waals surface area contributed by atoms with E-state index in [0.717, 1.165) is 22.3 Å². The van der Waals surface area contributed by atoms with Gasteiger partial charge in [0.05, 0.1) is 43.1 Å². The van der Waals surface area contributed by atoms with Crippen molar-refractivity contribution < 1.29 is 73.1 Å². The molecule has 6 aliphatic heterocycles. The van der Waals surface area contributed by atoms with Crippen LogP contribution in [0.25, 0.3) is 18.2 Å². The largest absolute Gasteiger partial charge is 0.508 e. The van der Waals surface area contributed by atoms with Gasteiger partial charge in [-0.05, 0) is 131 Å². The summed E-state index contributed by atoms with van der Waals surface area (Å²) in [6.07, 6.45) is 10.3. The molecule has 0 bridgehead atoms. The number of fused-ring (bicyclic) bond motifs is 8. The lowest BCUT2D eigenvalue weighted by molar-refractivity contribution is 0.0830. The van der Waals surface area contributed by atoms with Crippen molar-refractivity contribution in [1.29, 1.82) is 0 Å². The zero-order valence-corrected chi connectivity index (χ0v) is 42.8. The topological polar surface area (TPSA) is 217 Å². The SMILES string of the molecule is CC1(C)C=Cc2c(cc(O)c3c2OC(c2ccc(O)cc2)CC3=O)O1.CC1(C)C=Cc2c(cc3c(c2O)C(=O)CC(c2ccc(O)cc2)O3)O1.COc1cc2c(c3c1C(=O)CC(c1ccc(O)cc1)O3)C=CC(C)(C)O2. The third kappa shape index (κ3) is 9.95. The molecule has 6 heterocycles. The fourth-order valence-corrected chi connectivity index (χ4v) is 9.74. The van der Waals surface area contributed by atoms with Gasteiger partial charge in [-0.1, -0.05) is 36.4 Å². The minimum absolute atomic E-state index is 0.0396. The van der Waals surface area contributed by atoms with Crippen molar-refractivity contribution in [3.8, 4) is 69.0 Å². The number of phenols is 5. The molecule has 0 aliphatic carbocycles. The molecule has 3 atom stereocenters. The van der Waals surface area contributed by atoms with E-state index in [2.05, 4.69) is 0 Å². The summed E-state index contributed by atoms with van der Waals surface area (Å²) in [5, 5.41) is 49.2. The predicted octanol–water partition coefficient (Wildman–Crippen LogP) is 12.3. The van der Waals surface area contributed by atoms with E-state index < -0.39 is 35.1 Å². The van der Waals surface area contributed by atoms with E-state index in [-0.39, 0.29) is 76.5 Å². The van der Waals surface area contributed by atoms with Crippen LogP contribution in [0.15, 0.2) is 109 Å². The van der Waals surface area contributed by atoms with Gasteiger partial charge in [-0.25, -0.2) is 0 Å². The first-order valence-corrected chi connectivity index (χ1v) is 24.7. The number of carbonyl (C=O) groups is 3. The average molecular weight is 1030 g/mol. The molecular formula is C61H56O15. The van der Waals surface area contributed by atoms with E-state index in [1.807, 2.05) is 71.9 Å². The van der Waals surface area contributed by atoms with Crippen molar-refractivity contribution in [3.05, 3.63) is 159 Å². The zero-order chi connectivity index (χ0) is 54.0. The Morgan fingerprint density at radius 1 is 0.447 bits per heavy atom. The molecule has 15 nitrogen and oxygen atoms in total. The van der Waals surface area contributed by atoms with E-state index in [1.165, 1.54) is 13.2 Å². The second-order valence-electron chi connectivity index (χ2n) is 20.8. The molecule has 12 rings (SSSR count). The van der Waals surface area contributed by atoms with Crippen LogP contribution in [0.5, 0.6) is 69.0 Å². The standard InChI is InChI=1S/C21H20O5.2C20H18O5/c1-21(2)9-8-14-17(26-21)11-18(24-3)19-15(23)10-16(25-20(14)19)12-4-6-13(22)7-5-12;1-20(2)8-7-13-17(25-20)10-15(23)18-14(22)9-16(24-19(13)18)11-3-5-12(21)6-4-11;1-20(2)8-7-13-16(25-20)10-17-18(19(13)23)14(22)9-15(24-17)11-3-5-12(21)6-4-11/h4-9,11,16,22H,10H2,1-3H3;3-8,10,16,21,23H,9H2,1-2H3;3-8,10,15,21,23H,9H2,1-2H3. The Kier molecular flexibility index (Phi) is 12.8. The molecule has 6 aromatic rings. The summed E-state index contributed by atoms with van der Waals surface area (Å²) in [6.45, 7) is 11.6. The van der Waals surface area contributed by atoms with E-state index in [1.54, 1.807) is 91.0 Å². The Morgan fingerprint density at radius 2 is 0.816 bits per heavy atom. The maximum absolute atomic E-state index is 12.9. The maximum Gasteiger partial charge on any atom is 0.174 e. The minimum atomic E-state index is -0.497. The average Bonchev–Trinajstić information content (AvgIpc) is 3.37. The molecular weight excluding hydrogens is 973 g/mol. The molecule has 6 aromatic carbocycles. The Balaban J connectivity index is 0.000000130. The molecule has 76 heavy (non-hydrogen) atoms. The van der Waals surface area contributed by atoms with Crippen molar-refractivity contribution >= 4 is 35.6 Å². The van der Waals surface area contributed by atoms with Gasteiger partial charge >= 0.3 is 0 Å². The second kappa shape index (κ2) is 19.1. The smallest absolute Gasteiger partial charge is 0.174 e. The number of aromatic hydroxyl groups is 5. The highest BCUT2D eigenvalue weighted by Gasteiger charge is 2.39. The molecule has 5 N–H and O–H groups in total. The van der Waals surface area contributed by atoms with Crippen molar-refractivity contribution in [2.75, 3.05) is 7.11 Å². The maximum atomic E-state index is 12.9. The van der Waals surface area contributed by atoms with Gasteiger partial charge in [-0.3, -0.25) is 14.4 Å². The highest BCUT2D eigenvalue weighted by Crippen LogP contribution is 2.51. The number of benzene rings is 6. The quantitative estimate of drug-likeness (QED) is 0.111. The molecule has 0 radical (unpaired) electrons. The monoisotopic (exact) mass is 1030 g/mol. The van der Waals surface area contributed by atoms with Crippen LogP contribution in [0.3, 0.4) is 0 Å². The number of carbonyl (C=O) groups excluding carboxylic acids is 3. The van der Waals surface area contributed by atoms with Crippen molar-refractivity contribution in [3.63, 3.8) is 0 Å². The summed E-state index contributed by atoms with van der Waals surface area (Å²) < 4.78 is 41.5. The molecule has 0 fully saturated rings. The zero-order valence-electron chi connectivity index (χ0n) is 42.8. The van der Waals surface area contributed by atoms with Gasteiger partial charge in [0.25, 0.3) is 0 Å². The third-order valence-corrected chi connectivity index (χ3v) is 13.6. The van der Waals surface area contributed by atoms with Crippen LogP contribution in [-0.4, -0.2) is 66.8 Å². The number of Topliss-reactive ketones (excluding diaryl/α,β-unsaturated/α-hetero) is 3. The summed E-state index contributed by atoms with van der Waals surface area (Å²) >= 11 is 0. The Hall–Kier alpha value is -8.85. The van der Waals surface area contributed by atoms with Crippen molar-refractivity contribution in [2.24, 2.45) is 0 Å². The second-order valence-corrected chi connectivity index (χ2v) is 20.8. The molecule has 0 spiro atoms. The van der Waals surface area contributed by atoms with Crippen LogP contribution in [0, 0.1) is 0 Å². The summed E-state index contributed by atoms with van der Waals surface area (Å²) in [5.41, 5.74) is 3.72. The predicted molar refractivity (Wildman–Crippen MR) is 282 cm³/mol. The van der Waals surface area contributed by atoms with E-state index in [0.29, 0.717) is 56.9 Å². The molecule has 3 unspecified atom stereocenters. The molecule has 0 saturated heterocycles. The van der Waals surface area contributed by atoms with Gasteiger partial charge in [0, 0.05) is 18.2 Å². The summed E-state index contributed by atoms with van der Waals surface area (Å²) in [7, 11) is 1.53. The van der Waals surface area contributed by atoms with Gasteiger partial charge in [0.2, 0.25) is 0 Å². The lowest BCUT2D eigenvalue weighted by Gasteiger charge is -2.33. The van der Waals surface area contributed by atoms with E-state index in [4.69, 9.17) is 33.2 Å². The van der Waals surface area contributed by atoms with Gasteiger partial charge in [-0.2, -0.15) is 0 Å². The van der Waals surface area contributed by atoms with Gasteiger partial charge in [-0.15, -0.1) is 0 Å². The molecule has 15 heteroatoms. The van der Waals surface area contributed by atoms with Crippen molar-refractivity contribution in [2.45, 2.75) is 95.9 Å². The van der Waals surface area contributed by atoms with Gasteiger partial charge < -0.3 is 58.7 Å². The number of phenolic OH excluding ortho intramolecular Hbond substituents is 5. The molecule has 390 valence electrons. The molecule has 0 saturated carbocycles. The number of hydrogen-bond acceptors (Lipinski definition) is 15. The van der Waals surface area contributed by atoms with Gasteiger partial charge in [0.1, 0.15) is 121 Å². The lowest BCUT2D eigenvalue weighted by atomic mass is 9.91. The fraction of sp³-hybridized carbons (Fsp3) is 0.262. The highest BCUT2D eigenvalue weighted by atomic mass is 16.5. The Bertz CT molecular complexity index is 3400. The number of ether oxygens (including phenoxy) is 7. The first kappa shape index (κ1) is 50.7. The molecule has 0 aromatic heterocycles. The van der Waals surface area contributed by atoms with Crippen LogP contribution < -0.4 is 33.2 Å². The molecule has 0 amide bonds. The Labute approximate surface area is 438 Å². The van der Waals surface area contributed by atoms with Crippen LogP contribution in [0.2, 0.25) is 0 Å². The van der Waals surface area contributed by atoms with E-state index in [9.17, 15) is 39.9 Å². The van der Waals surface area contributed by atoms with Crippen LogP contribution in [0.1, 0.15) is 144 Å². The van der Waals surface area contributed by atoms with Gasteiger partial charge in [0.15, 0.2) is 17.3 Å². The summed E-state index contributed by atoms with van der Waals surface area (Å²) in [6, 6.07) is 24.7. The number of hydrogen-bond donors (Lipinski definition) is 5. The van der Waals surface area contributed by atoms with Crippen molar-refractivity contribution in [1.82, 2.24) is 0 Å². The first-order chi connectivity index (χ1) is 36.1. The molecule has 6 aliphatic rings. The Morgan fingerprint density at radius 3 is 1.26 bits per heavy atom. The fourth-order valence-electron chi connectivity index (χ4n) is 9.74. The highest BCUT2D eigenvalue weighted by molar-refractivity contribution is 6.06. The van der Waals surface area contributed by atoms with Crippen LogP contribution >= 0.6 is 0 Å². The lowest BCUT2D eigenvalue weighted by Crippen LogP contribution is -2.29. The normalized spacial score (nSPS) is 20.1. The van der Waals surface area contributed by atoms with E-state index >= 15 is 0 Å². The first-order valence-electron chi connectivity index (χ1n) is 24.7. The summed E-state index contributed by atoms with van der Waals surface area (Å²) in [4.78, 5) is 38.1. The minimum Gasteiger partial charge on any atom is -0.508 e.